The molecule has 0 aliphatic carbocycles. The van der Waals surface area contributed by atoms with Crippen LogP contribution in [-0.2, 0) is 0 Å². The number of rotatable bonds is 7. The highest BCUT2D eigenvalue weighted by molar-refractivity contribution is 5.51. The summed E-state index contributed by atoms with van der Waals surface area (Å²) >= 11 is 0. The first-order chi connectivity index (χ1) is 11.3. The van der Waals surface area contributed by atoms with Crippen LogP contribution < -0.4 is 4.90 Å². The molecule has 0 saturated heterocycles. The SMILES string of the molecule is OCCCN(CCCO)c1ccc(C#Cc2ccncc2)cc1. The quantitative estimate of drug-likeness (QED) is 0.769. The molecule has 1 aromatic heterocycles. The van der Waals surface area contributed by atoms with Crippen molar-refractivity contribution in [2.45, 2.75) is 12.8 Å². The van der Waals surface area contributed by atoms with Crippen LogP contribution in [0, 0.1) is 11.8 Å². The zero-order chi connectivity index (χ0) is 16.3. The van der Waals surface area contributed by atoms with Crippen LogP contribution in [0.25, 0.3) is 0 Å². The number of anilines is 1. The Morgan fingerprint density at radius 2 is 1.30 bits per heavy atom. The van der Waals surface area contributed by atoms with E-state index in [-0.39, 0.29) is 13.2 Å². The van der Waals surface area contributed by atoms with Crippen LogP contribution in [0.4, 0.5) is 5.69 Å². The van der Waals surface area contributed by atoms with E-state index in [4.69, 9.17) is 10.2 Å². The lowest BCUT2D eigenvalue weighted by atomic mass is 10.1. The van der Waals surface area contributed by atoms with Gasteiger partial charge in [-0.1, -0.05) is 11.8 Å². The molecular formula is C19H22N2O2. The Morgan fingerprint density at radius 3 is 1.83 bits per heavy atom. The monoisotopic (exact) mass is 310 g/mol. The Morgan fingerprint density at radius 1 is 0.783 bits per heavy atom. The van der Waals surface area contributed by atoms with E-state index in [9.17, 15) is 0 Å². The highest BCUT2D eigenvalue weighted by atomic mass is 16.3. The van der Waals surface area contributed by atoms with Crippen LogP contribution in [-0.4, -0.2) is 41.5 Å². The largest absolute Gasteiger partial charge is 0.396 e. The van der Waals surface area contributed by atoms with Gasteiger partial charge in [-0.05, 0) is 49.2 Å². The molecule has 0 fully saturated rings. The number of benzene rings is 1. The summed E-state index contributed by atoms with van der Waals surface area (Å²) in [6.45, 7) is 1.90. The zero-order valence-electron chi connectivity index (χ0n) is 13.2. The van der Waals surface area contributed by atoms with E-state index < -0.39 is 0 Å². The fraction of sp³-hybridized carbons (Fsp3) is 0.316. The normalized spacial score (nSPS) is 10.0. The molecule has 1 aromatic carbocycles. The topological polar surface area (TPSA) is 56.6 Å². The van der Waals surface area contributed by atoms with Crippen molar-refractivity contribution in [2.24, 2.45) is 0 Å². The maximum Gasteiger partial charge on any atom is 0.0447 e. The maximum absolute atomic E-state index is 9.01. The third-order valence-corrected chi connectivity index (χ3v) is 3.44. The van der Waals surface area contributed by atoms with Gasteiger partial charge in [0.15, 0.2) is 0 Å². The van der Waals surface area contributed by atoms with Crippen molar-refractivity contribution in [3.8, 4) is 11.8 Å². The second kappa shape index (κ2) is 9.62. The van der Waals surface area contributed by atoms with Crippen molar-refractivity contribution in [2.75, 3.05) is 31.2 Å². The summed E-state index contributed by atoms with van der Waals surface area (Å²) < 4.78 is 0. The molecule has 0 bridgehead atoms. The van der Waals surface area contributed by atoms with E-state index in [1.165, 1.54) is 0 Å². The molecule has 0 radical (unpaired) electrons. The first kappa shape index (κ1) is 17.0. The average molecular weight is 310 g/mol. The first-order valence-corrected chi connectivity index (χ1v) is 7.82. The van der Waals surface area contributed by atoms with E-state index in [1.54, 1.807) is 12.4 Å². The number of aliphatic hydroxyl groups excluding tert-OH is 2. The van der Waals surface area contributed by atoms with Crippen LogP contribution in [0.1, 0.15) is 24.0 Å². The molecule has 0 atom stereocenters. The molecular weight excluding hydrogens is 288 g/mol. The van der Waals surface area contributed by atoms with Crippen molar-refractivity contribution in [3.05, 3.63) is 59.9 Å². The third kappa shape index (κ3) is 5.74. The van der Waals surface area contributed by atoms with Crippen molar-refractivity contribution >= 4 is 5.69 Å². The van der Waals surface area contributed by atoms with Gasteiger partial charge in [-0.15, -0.1) is 0 Å². The van der Waals surface area contributed by atoms with Crippen LogP contribution >= 0.6 is 0 Å². The van der Waals surface area contributed by atoms with Gasteiger partial charge < -0.3 is 15.1 Å². The Bertz CT molecular complexity index is 622. The number of aromatic nitrogens is 1. The molecule has 0 amide bonds. The molecule has 0 spiro atoms. The first-order valence-electron chi connectivity index (χ1n) is 7.82. The van der Waals surface area contributed by atoms with Crippen LogP contribution in [0.3, 0.4) is 0 Å². The van der Waals surface area contributed by atoms with E-state index in [0.29, 0.717) is 0 Å². The molecule has 2 aromatic rings. The molecule has 2 N–H and O–H groups in total. The van der Waals surface area contributed by atoms with Crippen molar-refractivity contribution < 1.29 is 10.2 Å². The van der Waals surface area contributed by atoms with E-state index in [2.05, 4.69) is 21.7 Å². The third-order valence-electron chi connectivity index (χ3n) is 3.44. The average Bonchev–Trinajstić information content (AvgIpc) is 2.62. The van der Waals surface area contributed by atoms with Crippen LogP contribution in [0.15, 0.2) is 48.8 Å². The van der Waals surface area contributed by atoms with E-state index in [0.717, 1.165) is 42.7 Å². The zero-order valence-corrected chi connectivity index (χ0v) is 13.2. The lowest BCUT2D eigenvalue weighted by Gasteiger charge is -2.24. The van der Waals surface area contributed by atoms with Crippen LogP contribution in [0.5, 0.6) is 0 Å². The molecule has 120 valence electrons. The van der Waals surface area contributed by atoms with E-state index >= 15 is 0 Å². The molecule has 0 unspecified atom stereocenters. The molecule has 23 heavy (non-hydrogen) atoms. The smallest absolute Gasteiger partial charge is 0.0447 e. The molecule has 0 aliphatic heterocycles. The molecule has 4 nitrogen and oxygen atoms in total. The number of nitrogens with zero attached hydrogens (tertiary/aromatic N) is 2. The molecule has 4 heteroatoms. The van der Waals surface area contributed by atoms with Gasteiger partial charge >= 0.3 is 0 Å². The summed E-state index contributed by atoms with van der Waals surface area (Å²) in [5.74, 6) is 6.25. The minimum Gasteiger partial charge on any atom is -0.396 e. The summed E-state index contributed by atoms with van der Waals surface area (Å²) in [4.78, 5) is 6.14. The van der Waals surface area contributed by atoms with Gasteiger partial charge in [-0.2, -0.15) is 0 Å². The van der Waals surface area contributed by atoms with Crippen molar-refractivity contribution in [1.82, 2.24) is 4.98 Å². The highest BCUT2D eigenvalue weighted by Crippen LogP contribution is 2.16. The van der Waals surface area contributed by atoms with E-state index in [1.807, 2.05) is 36.4 Å². The number of hydrogen-bond donors (Lipinski definition) is 2. The fourth-order valence-corrected chi connectivity index (χ4v) is 2.23. The van der Waals surface area contributed by atoms with Gasteiger partial charge in [0, 0.05) is 55.5 Å². The van der Waals surface area contributed by atoms with Gasteiger partial charge in [0.25, 0.3) is 0 Å². The lowest BCUT2D eigenvalue weighted by Crippen LogP contribution is -2.26. The van der Waals surface area contributed by atoms with Gasteiger partial charge in [-0.25, -0.2) is 0 Å². The molecule has 1 heterocycles. The van der Waals surface area contributed by atoms with Crippen molar-refractivity contribution in [3.63, 3.8) is 0 Å². The molecule has 0 saturated carbocycles. The number of pyridine rings is 1. The van der Waals surface area contributed by atoms with Gasteiger partial charge in [0.05, 0.1) is 0 Å². The Kier molecular flexibility index (Phi) is 7.12. The number of hydrogen-bond acceptors (Lipinski definition) is 4. The highest BCUT2D eigenvalue weighted by Gasteiger charge is 2.05. The van der Waals surface area contributed by atoms with Gasteiger partial charge in [-0.3, -0.25) is 4.98 Å². The minimum absolute atomic E-state index is 0.172. The summed E-state index contributed by atoms with van der Waals surface area (Å²) in [5.41, 5.74) is 2.98. The van der Waals surface area contributed by atoms with Crippen LogP contribution in [0.2, 0.25) is 0 Å². The minimum atomic E-state index is 0.172. The maximum atomic E-state index is 9.01. The van der Waals surface area contributed by atoms with Gasteiger partial charge in [0.1, 0.15) is 0 Å². The van der Waals surface area contributed by atoms with Crippen molar-refractivity contribution in [1.29, 1.82) is 0 Å². The summed E-state index contributed by atoms with van der Waals surface area (Å²) in [6.07, 6.45) is 4.89. The predicted molar refractivity (Wildman–Crippen MR) is 92.3 cm³/mol. The second-order valence-electron chi connectivity index (χ2n) is 5.17. The second-order valence-corrected chi connectivity index (χ2v) is 5.17. The lowest BCUT2D eigenvalue weighted by molar-refractivity contribution is 0.282. The summed E-state index contributed by atoms with van der Waals surface area (Å²) in [7, 11) is 0. The summed E-state index contributed by atoms with van der Waals surface area (Å²) in [5, 5.41) is 18.0. The Hall–Kier alpha value is -2.35. The number of aliphatic hydroxyl groups is 2. The molecule has 0 aliphatic rings. The van der Waals surface area contributed by atoms with Gasteiger partial charge in [0.2, 0.25) is 0 Å². The predicted octanol–water partition coefficient (Wildman–Crippen LogP) is 2.05. The standard InChI is InChI=1S/C19H22N2O2/c22-15-1-13-21(14-2-16-23)19-7-5-17(6-8-19)3-4-18-9-11-20-12-10-18/h5-12,22-23H,1-2,13-16H2. The molecule has 2 rings (SSSR count). The summed E-state index contributed by atoms with van der Waals surface area (Å²) in [6, 6.07) is 11.8. The Balaban J connectivity index is 2.06. The fourth-order valence-electron chi connectivity index (χ4n) is 2.23. The Labute approximate surface area is 137 Å².